The molecule has 2 rings (SSSR count). The molecular formula is C15H20O4. The quantitative estimate of drug-likeness (QED) is 0.802. The number of carboxylic acids is 1. The normalized spacial score (nSPS) is 18.5. The van der Waals surface area contributed by atoms with Crippen LogP contribution in [-0.2, 0) is 4.74 Å². The second-order valence-corrected chi connectivity index (χ2v) is 4.88. The van der Waals surface area contributed by atoms with Gasteiger partial charge in [-0.1, -0.05) is 12.1 Å². The van der Waals surface area contributed by atoms with Crippen molar-refractivity contribution >= 4 is 5.97 Å². The zero-order chi connectivity index (χ0) is 13.7. The Bertz CT molecular complexity index is 436. The number of benzene rings is 1. The summed E-state index contributed by atoms with van der Waals surface area (Å²) in [5.74, 6) is -0.458. The van der Waals surface area contributed by atoms with Crippen molar-refractivity contribution in [3.63, 3.8) is 0 Å². The maximum Gasteiger partial charge on any atom is 0.339 e. The van der Waals surface area contributed by atoms with Crippen LogP contribution in [0, 0.1) is 6.92 Å². The van der Waals surface area contributed by atoms with Crippen molar-refractivity contribution in [1.82, 2.24) is 0 Å². The molecule has 1 heterocycles. The third kappa shape index (κ3) is 3.70. The molecule has 1 atom stereocenters. The van der Waals surface area contributed by atoms with Gasteiger partial charge in [0.15, 0.2) is 0 Å². The minimum absolute atomic E-state index is 0.233. The number of carbonyl (C=O) groups is 1. The van der Waals surface area contributed by atoms with E-state index in [1.807, 2.05) is 13.0 Å². The van der Waals surface area contributed by atoms with Crippen LogP contribution >= 0.6 is 0 Å². The van der Waals surface area contributed by atoms with Crippen molar-refractivity contribution in [3.8, 4) is 5.75 Å². The molecule has 0 aliphatic carbocycles. The molecule has 1 aromatic carbocycles. The minimum Gasteiger partial charge on any atom is -0.492 e. The molecule has 0 aromatic heterocycles. The molecule has 4 heteroatoms. The smallest absolute Gasteiger partial charge is 0.339 e. The first kappa shape index (κ1) is 13.9. The molecule has 1 saturated heterocycles. The number of hydrogen-bond acceptors (Lipinski definition) is 3. The second kappa shape index (κ2) is 6.57. The zero-order valence-electron chi connectivity index (χ0n) is 11.2. The van der Waals surface area contributed by atoms with Gasteiger partial charge in [-0.05, 0) is 44.2 Å². The highest BCUT2D eigenvalue weighted by Gasteiger charge is 2.16. The molecule has 1 aliphatic heterocycles. The number of para-hydroxylation sites is 1. The molecule has 1 unspecified atom stereocenters. The molecule has 0 amide bonds. The lowest BCUT2D eigenvalue weighted by molar-refractivity contribution is 0.0690. The largest absolute Gasteiger partial charge is 0.492 e. The van der Waals surface area contributed by atoms with Crippen molar-refractivity contribution in [3.05, 3.63) is 29.3 Å². The topological polar surface area (TPSA) is 55.8 Å². The Kier molecular flexibility index (Phi) is 4.80. The van der Waals surface area contributed by atoms with Gasteiger partial charge in [0.05, 0.1) is 12.7 Å². The molecule has 1 aromatic rings. The predicted octanol–water partition coefficient (Wildman–Crippen LogP) is 3.03. The van der Waals surface area contributed by atoms with Crippen LogP contribution in [0.3, 0.4) is 0 Å². The highest BCUT2D eigenvalue weighted by Crippen LogP contribution is 2.24. The lowest BCUT2D eigenvalue weighted by Crippen LogP contribution is -2.10. The third-order valence-electron chi connectivity index (χ3n) is 3.38. The molecule has 104 valence electrons. The summed E-state index contributed by atoms with van der Waals surface area (Å²) in [5.41, 5.74) is 1.09. The summed E-state index contributed by atoms with van der Waals surface area (Å²) in [5, 5.41) is 9.12. The number of hydrogen-bond donors (Lipinski definition) is 1. The van der Waals surface area contributed by atoms with E-state index in [0.717, 1.165) is 37.9 Å². The number of aromatic carboxylic acids is 1. The Hall–Kier alpha value is -1.55. The summed E-state index contributed by atoms with van der Waals surface area (Å²) < 4.78 is 11.2. The lowest BCUT2D eigenvalue weighted by atomic mass is 10.1. The van der Waals surface area contributed by atoms with Crippen molar-refractivity contribution in [1.29, 1.82) is 0 Å². The molecule has 4 nitrogen and oxygen atoms in total. The van der Waals surface area contributed by atoms with E-state index in [0.29, 0.717) is 18.5 Å². The van der Waals surface area contributed by atoms with Crippen molar-refractivity contribution in [2.75, 3.05) is 13.2 Å². The average Bonchev–Trinajstić information content (AvgIpc) is 2.88. The van der Waals surface area contributed by atoms with Crippen molar-refractivity contribution in [2.24, 2.45) is 0 Å². The van der Waals surface area contributed by atoms with Gasteiger partial charge in [-0.3, -0.25) is 0 Å². The first-order valence-corrected chi connectivity index (χ1v) is 6.76. The fraction of sp³-hybridized carbons (Fsp3) is 0.533. The standard InChI is InChI=1S/C15H20O4/c1-11-5-2-8-13(15(16)17)14(11)19-10-4-7-12-6-3-9-18-12/h2,5,8,12H,3-4,6-7,9-10H2,1H3,(H,16,17). The van der Waals surface area contributed by atoms with E-state index < -0.39 is 5.97 Å². The second-order valence-electron chi connectivity index (χ2n) is 4.88. The highest BCUT2D eigenvalue weighted by molar-refractivity contribution is 5.91. The van der Waals surface area contributed by atoms with E-state index in [2.05, 4.69) is 0 Å². The van der Waals surface area contributed by atoms with E-state index >= 15 is 0 Å². The molecule has 0 bridgehead atoms. The summed E-state index contributed by atoms with van der Waals surface area (Å²) in [6.45, 7) is 3.26. The average molecular weight is 264 g/mol. The van der Waals surface area contributed by atoms with Gasteiger partial charge in [0, 0.05) is 6.61 Å². The molecule has 1 fully saturated rings. The summed E-state index contributed by atoms with van der Waals surface area (Å²) in [7, 11) is 0. The SMILES string of the molecule is Cc1cccc(C(=O)O)c1OCCCC1CCCO1. The van der Waals surface area contributed by atoms with Crippen LogP contribution in [0.4, 0.5) is 0 Å². The fourth-order valence-electron chi connectivity index (χ4n) is 2.37. The van der Waals surface area contributed by atoms with Crippen LogP contribution < -0.4 is 4.74 Å². The van der Waals surface area contributed by atoms with E-state index in [9.17, 15) is 4.79 Å². The van der Waals surface area contributed by atoms with Gasteiger partial charge < -0.3 is 14.6 Å². The van der Waals surface area contributed by atoms with E-state index in [1.165, 1.54) is 0 Å². The number of aryl methyl sites for hydroxylation is 1. The van der Waals surface area contributed by atoms with Gasteiger partial charge in [-0.25, -0.2) is 4.79 Å². The summed E-state index contributed by atoms with van der Waals surface area (Å²) in [6, 6.07) is 5.17. The highest BCUT2D eigenvalue weighted by atomic mass is 16.5. The molecule has 0 saturated carbocycles. The Labute approximate surface area is 113 Å². The van der Waals surface area contributed by atoms with Gasteiger partial charge in [-0.15, -0.1) is 0 Å². The Morgan fingerprint density at radius 1 is 1.53 bits per heavy atom. The van der Waals surface area contributed by atoms with Crippen LogP contribution in [0.1, 0.15) is 41.6 Å². The Morgan fingerprint density at radius 3 is 3.05 bits per heavy atom. The van der Waals surface area contributed by atoms with Gasteiger partial charge in [0.25, 0.3) is 0 Å². The summed E-state index contributed by atoms with van der Waals surface area (Å²) in [6.07, 6.45) is 4.50. The van der Waals surface area contributed by atoms with Gasteiger partial charge in [0.1, 0.15) is 11.3 Å². The molecule has 1 aliphatic rings. The first-order valence-electron chi connectivity index (χ1n) is 6.76. The van der Waals surface area contributed by atoms with Crippen LogP contribution in [0.25, 0.3) is 0 Å². The van der Waals surface area contributed by atoms with Crippen LogP contribution in [0.2, 0.25) is 0 Å². The molecule has 1 N–H and O–H groups in total. The van der Waals surface area contributed by atoms with Gasteiger partial charge >= 0.3 is 5.97 Å². The van der Waals surface area contributed by atoms with Crippen LogP contribution in [0.5, 0.6) is 5.75 Å². The monoisotopic (exact) mass is 264 g/mol. The van der Waals surface area contributed by atoms with Crippen molar-refractivity contribution < 1.29 is 19.4 Å². The fourth-order valence-corrected chi connectivity index (χ4v) is 2.37. The molecular weight excluding hydrogens is 244 g/mol. The number of ether oxygens (including phenoxy) is 2. The maximum absolute atomic E-state index is 11.1. The Balaban J connectivity index is 1.86. The first-order chi connectivity index (χ1) is 9.18. The van der Waals surface area contributed by atoms with Gasteiger partial charge in [-0.2, -0.15) is 0 Å². The Morgan fingerprint density at radius 2 is 2.37 bits per heavy atom. The van der Waals surface area contributed by atoms with Crippen LogP contribution in [0.15, 0.2) is 18.2 Å². The van der Waals surface area contributed by atoms with E-state index in [4.69, 9.17) is 14.6 Å². The third-order valence-corrected chi connectivity index (χ3v) is 3.38. The van der Waals surface area contributed by atoms with Gasteiger partial charge in [0.2, 0.25) is 0 Å². The minimum atomic E-state index is -0.946. The van der Waals surface area contributed by atoms with E-state index in [1.54, 1.807) is 12.1 Å². The van der Waals surface area contributed by atoms with Crippen LogP contribution in [-0.4, -0.2) is 30.4 Å². The predicted molar refractivity (Wildman–Crippen MR) is 71.8 cm³/mol. The molecule has 0 spiro atoms. The van der Waals surface area contributed by atoms with E-state index in [-0.39, 0.29) is 5.56 Å². The lowest BCUT2D eigenvalue weighted by Gasteiger charge is -2.13. The maximum atomic E-state index is 11.1. The summed E-state index contributed by atoms with van der Waals surface area (Å²) in [4.78, 5) is 11.1. The molecule has 19 heavy (non-hydrogen) atoms. The summed E-state index contributed by atoms with van der Waals surface area (Å²) >= 11 is 0. The number of carboxylic acid groups (broad SMARTS) is 1. The van der Waals surface area contributed by atoms with Crippen molar-refractivity contribution in [2.45, 2.75) is 38.7 Å². The zero-order valence-corrected chi connectivity index (χ0v) is 11.2. The number of rotatable bonds is 6. The molecule has 0 radical (unpaired) electrons.